The van der Waals surface area contributed by atoms with Gasteiger partial charge in [-0.3, -0.25) is 0 Å². The normalized spacial score (nSPS) is 17.9. The maximum absolute atomic E-state index is 11.2. The van der Waals surface area contributed by atoms with Crippen LogP contribution >= 0.6 is 7.72 Å². The standard InChI is InChI=1S/C7H15NO3P/c8-4-1-5-12(10,11)7(9)6-2-3-6/h6,10-11H,1-5,8H2/q+1. The molecule has 1 rings (SSSR count). The number of rotatable bonds is 5. The van der Waals surface area contributed by atoms with E-state index in [2.05, 4.69) is 0 Å². The summed E-state index contributed by atoms with van der Waals surface area (Å²) in [7, 11) is -3.26. The highest BCUT2D eigenvalue weighted by molar-refractivity contribution is 7.81. The molecule has 0 saturated heterocycles. The van der Waals surface area contributed by atoms with E-state index in [0.717, 1.165) is 12.8 Å². The van der Waals surface area contributed by atoms with Crippen molar-refractivity contribution in [2.24, 2.45) is 11.7 Å². The lowest BCUT2D eigenvalue weighted by molar-refractivity contribution is -0.114. The van der Waals surface area contributed by atoms with Gasteiger partial charge in [0.2, 0.25) is 0 Å². The molecule has 1 aliphatic carbocycles. The molecule has 1 aliphatic rings. The number of nitrogens with two attached hydrogens (primary N) is 1. The van der Waals surface area contributed by atoms with Crippen LogP contribution in [0.2, 0.25) is 0 Å². The van der Waals surface area contributed by atoms with Gasteiger partial charge in [0.15, 0.2) is 0 Å². The molecule has 0 aromatic carbocycles. The van der Waals surface area contributed by atoms with Crippen LogP contribution in [0.3, 0.4) is 0 Å². The van der Waals surface area contributed by atoms with Crippen LogP contribution in [0, 0.1) is 5.92 Å². The molecule has 0 radical (unpaired) electrons. The van der Waals surface area contributed by atoms with E-state index in [1.54, 1.807) is 0 Å². The molecular weight excluding hydrogens is 177 g/mol. The molecular formula is C7H15NO3P+. The summed E-state index contributed by atoms with van der Waals surface area (Å²) in [6.07, 6.45) is 2.33. The highest BCUT2D eigenvalue weighted by atomic mass is 31.2. The van der Waals surface area contributed by atoms with Crippen LogP contribution in [0.4, 0.5) is 0 Å². The Bertz CT molecular complexity index is 179. The number of carbonyl (C=O) groups excluding carboxylic acids is 1. The fraction of sp³-hybridized carbons (Fsp3) is 0.857. The van der Waals surface area contributed by atoms with Gasteiger partial charge in [-0.05, 0) is 25.8 Å². The molecule has 1 fully saturated rings. The van der Waals surface area contributed by atoms with Crippen molar-refractivity contribution < 1.29 is 14.6 Å². The molecule has 12 heavy (non-hydrogen) atoms. The van der Waals surface area contributed by atoms with Crippen LogP contribution in [0.25, 0.3) is 0 Å². The Balaban J connectivity index is 2.39. The summed E-state index contributed by atoms with van der Waals surface area (Å²) in [6, 6.07) is 0. The second-order valence-electron chi connectivity index (χ2n) is 3.21. The highest BCUT2D eigenvalue weighted by Crippen LogP contribution is 2.57. The largest absolute Gasteiger partial charge is 0.337 e. The van der Waals surface area contributed by atoms with Crippen molar-refractivity contribution >= 4 is 13.2 Å². The van der Waals surface area contributed by atoms with Gasteiger partial charge in [-0.25, -0.2) is 14.6 Å². The van der Waals surface area contributed by atoms with E-state index in [1.165, 1.54) is 0 Å². The molecule has 0 atom stereocenters. The van der Waals surface area contributed by atoms with E-state index in [-0.39, 0.29) is 17.6 Å². The van der Waals surface area contributed by atoms with Gasteiger partial charge >= 0.3 is 13.2 Å². The smallest absolute Gasteiger partial charge is 0.330 e. The second-order valence-corrected chi connectivity index (χ2v) is 5.56. The third-order valence-corrected chi connectivity index (χ3v) is 3.96. The van der Waals surface area contributed by atoms with Crippen LogP contribution in [0.5, 0.6) is 0 Å². The Morgan fingerprint density at radius 1 is 1.50 bits per heavy atom. The molecule has 4 N–H and O–H groups in total. The Morgan fingerprint density at radius 3 is 2.50 bits per heavy atom. The summed E-state index contributed by atoms with van der Waals surface area (Å²) in [5.74, 6) is -0.0638. The van der Waals surface area contributed by atoms with Crippen LogP contribution in [0.15, 0.2) is 0 Å². The van der Waals surface area contributed by atoms with Gasteiger partial charge in [0.05, 0.1) is 5.92 Å². The molecule has 0 unspecified atom stereocenters. The lowest BCUT2D eigenvalue weighted by Crippen LogP contribution is -2.13. The summed E-state index contributed by atoms with van der Waals surface area (Å²) in [6.45, 7) is 0.404. The predicted molar refractivity (Wildman–Crippen MR) is 47.6 cm³/mol. The average molecular weight is 192 g/mol. The van der Waals surface area contributed by atoms with Crippen molar-refractivity contribution in [1.82, 2.24) is 0 Å². The molecule has 0 bridgehead atoms. The zero-order valence-electron chi connectivity index (χ0n) is 6.94. The molecule has 0 aromatic rings. The van der Waals surface area contributed by atoms with Crippen molar-refractivity contribution in [3.05, 3.63) is 0 Å². The molecule has 0 spiro atoms. The highest BCUT2D eigenvalue weighted by Gasteiger charge is 2.51. The molecule has 70 valence electrons. The van der Waals surface area contributed by atoms with Gasteiger partial charge in [0, 0.05) is 0 Å². The van der Waals surface area contributed by atoms with Gasteiger partial charge in [-0.1, -0.05) is 0 Å². The second kappa shape index (κ2) is 3.79. The number of hydrogen-bond donors (Lipinski definition) is 3. The lowest BCUT2D eigenvalue weighted by atomic mass is 10.5. The fourth-order valence-corrected chi connectivity index (χ4v) is 2.73. The van der Waals surface area contributed by atoms with Crippen molar-refractivity contribution in [3.8, 4) is 0 Å². The Hall–Kier alpha value is -0.0200. The maximum atomic E-state index is 11.2. The van der Waals surface area contributed by atoms with E-state index < -0.39 is 7.72 Å². The van der Waals surface area contributed by atoms with Gasteiger partial charge in [-0.15, -0.1) is 0 Å². The van der Waals surface area contributed by atoms with Gasteiger partial charge in [-0.2, -0.15) is 0 Å². The van der Waals surface area contributed by atoms with E-state index in [0.29, 0.717) is 13.0 Å². The SMILES string of the molecule is NCCC[P+](O)(O)C(=O)C1CC1. The van der Waals surface area contributed by atoms with Crippen LogP contribution in [-0.2, 0) is 4.79 Å². The van der Waals surface area contributed by atoms with Crippen LogP contribution < -0.4 is 5.73 Å². The van der Waals surface area contributed by atoms with Gasteiger partial charge < -0.3 is 5.73 Å². The minimum Gasteiger partial charge on any atom is -0.330 e. The first-order chi connectivity index (χ1) is 5.58. The summed E-state index contributed by atoms with van der Waals surface area (Å²) >= 11 is 0. The summed E-state index contributed by atoms with van der Waals surface area (Å²) in [5.41, 5.74) is 4.89. The topological polar surface area (TPSA) is 83.6 Å². The average Bonchev–Trinajstić information content (AvgIpc) is 2.82. The van der Waals surface area contributed by atoms with E-state index in [9.17, 15) is 14.6 Å². The van der Waals surface area contributed by atoms with Gasteiger partial charge in [0.1, 0.15) is 6.16 Å². The summed E-state index contributed by atoms with van der Waals surface area (Å²) < 4.78 is 0. The zero-order valence-corrected chi connectivity index (χ0v) is 7.83. The first kappa shape index (κ1) is 10.1. The molecule has 4 nitrogen and oxygen atoms in total. The van der Waals surface area contributed by atoms with Crippen LogP contribution in [0.1, 0.15) is 19.3 Å². The Kier molecular flexibility index (Phi) is 3.18. The molecule has 0 aromatic heterocycles. The molecule has 1 saturated carbocycles. The van der Waals surface area contributed by atoms with E-state index in [1.807, 2.05) is 0 Å². The zero-order chi connectivity index (χ0) is 9.19. The van der Waals surface area contributed by atoms with E-state index >= 15 is 0 Å². The minimum absolute atomic E-state index is 0.0638. The lowest BCUT2D eigenvalue weighted by Gasteiger charge is -2.08. The summed E-state index contributed by atoms with van der Waals surface area (Å²) in [5, 5.41) is 0. The van der Waals surface area contributed by atoms with Crippen molar-refractivity contribution in [2.75, 3.05) is 12.7 Å². The van der Waals surface area contributed by atoms with Crippen molar-refractivity contribution in [1.29, 1.82) is 0 Å². The quantitative estimate of drug-likeness (QED) is 0.539. The molecule has 0 aliphatic heterocycles. The Morgan fingerprint density at radius 2 is 2.08 bits per heavy atom. The minimum atomic E-state index is -3.26. The fourth-order valence-electron chi connectivity index (χ4n) is 1.04. The monoisotopic (exact) mass is 192 g/mol. The maximum Gasteiger partial charge on any atom is 0.337 e. The Labute approximate surface area is 72.3 Å². The first-order valence-corrected chi connectivity index (χ1v) is 6.04. The number of carbonyl (C=O) groups is 1. The third kappa shape index (κ3) is 2.49. The van der Waals surface area contributed by atoms with Gasteiger partial charge in [0.25, 0.3) is 0 Å². The third-order valence-electron chi connectivity index (χ3n) is 1.95. The molecule has 0 amide bonds. The van der Waals surface area contributed by atoms with E-state index in [4.69, 9.17) is 5.73 Å². The first-order valence-electron chi connectivity index (χ1n) is 4.16. The van der Waals surface area contributed by atoms with Crippen molar-refractivity contribution in [2.45, 2.75) is 19.3 Å². The molecule has 5 heteroatoms. The number of hydrogen-bond acceptors (Lipinski definition) is 4. The molecule has 0 heterocycles. The summed E-state index contributed by atoms with van der Waals surface area (Å²) in [4.78, 5) is 30.0. The van der Waals surface area contributed by atoms with Crippen molar-refractivity contribution in [3.63, 3.8) is 0 Å². The predicted octanol–water partition coefficient (Wildman–Crippen LogP) is 0.104. The van der Waals surface area contributed by atoms with Crippen LogP contribution in [-0.4, -0.2) is 28.0 Å².